The molecule has 1 aromatic rings. The van der Waals surface area contributed by atoms with Crippen LogP contribution in [0, 0.1) is 0 Å². The van der Waals surface area contributed by atoms with Crippen molar-refractivity contribution in [1.82, 2.24) is 4.98 Å². The Morgan fingerprint density at radius 1 is 1.42 bits per heavy atom. The molecule has 6 heteroatoms. The van der Waals surface area contributed by atoms with Gasteiger partial charge in [-0.3, -0.25) is 4.98 Å². The molecule has 2 nitrogen and oxygen atoms in total. The molecule has 0 atom stereocenters. The van der Waals surface area contributed by atoms with E-state index in [-0.39, 0.29) is 5.69 Å². The first-order valence-electron chi connectivity index (χ1n) is 3.29. The summed E-state index contributed by atoms with van der Waals surface area (Å²) < 4.78 is 36.2. The van der Waals surface area contributed by atoms with E-state index in [1.54, 1.807) is 0 Å². The molecule has 0 radical (unpaired) electrons. The van der Waals surface area contributed by atoms with Gasteiger partial charge in [-0.15, -0.1) is 5.46 Å². The largest absolute Gasteiger partial charge is 0.509 e. The lowest BCUT2D eigenvalue weighted by atomic mass is 9.80. The van der Waals surface area contributed by atoms with E-state index in [2.05, 4.69) is 4.98 Å². The van der Waals surface area contributed by atoms with E-state index >= 15 is 0 Å². The Hall–Kier alpha value is -1.04. The molecule has 0 aromatic carbocycles. The molecule has 0 saturated heterocycles. The van der Waals surface area contributed by atoms with Crippen molar-refractivity contribution in [3.63, 3.8) is 0 Å². The van der Waals surface area contributed by atoms with Crippen molar-refractivity contribution in [3.05, 3.63) is 24.0 Å². The Balaban J connectivity index is 3.02. The fourth-order valence-electron chi connectivity index (χ4n) is 0.787. The zero-order chi connectivity index (χ0) is 9.19. The van der Waals surface area contributed by atoms with Gasteiger partial charge < -0.3 is 18.1 Å². The van der Waals surface area contributed by atoms with E-state index in [1.807, 2.05) is 0 Å². The highest BCUT2D eigenvalue weighted by atomic mass is 19.4. The molecule has 1 rings (SSSR count). The standard InChI is InChI=1S/C6H6BF3NO/c8-7(9,10)5-1-2-11-6(3-5)4-12/h1-3,12H,4H2/q-1. The predicted octanol–water partition coefficient (Wildman–Crippen LogP) is 0.628. The minimum atomic E-state index is -4.98. The molecular formula is C6H6BF3NO-. The summed E-state index contributed by atoms with van der Waals surface area (Å²) in [6.07, 6.45) is 1.04. The molecule has 12 heavy (non-hydrogen) atoms. The van der Waals surface area contributed by atoms with Crippen LogP contribution in [-0.4, -0.2) is 17.1 Å². The van der Waals surface area contributed by atoms with Crippen LogP contribution >= 0.6 is 0 Å². The molecule has 0 spiro atoms. The molecule has 0 aliphatic carbocycles. The molecule has 0 fully saturated rings. The van der Waals surface area contributed by atoms with Crippen LogP contribution < -0.4 is 5.46 Å². The highest BCUT2D eigenvalue weighted by molar-refractivity contribution is 6.73. The summed E-state index contributed by atoms with van der Waals surface area (Å²) in [7, 11) is 0. The van der Waals surface area contributed by atoms with Gasteiger partial charge in [0, 0.05) is 6.20 Å². The summed E-state index contributed by atoms with van der Waals surface area (Å²) in [4.78, 5) is 3.53. The fourth-order valence-corrected chi connectivity index (χ4v) is 0.787. The molecule has 0 aliphatic rings. The summed E-state index contributed by atoms with van der Waals surface area (Å²) in [6.45, 7) is -5.45. The third kappa shape index (κ3) is 1.98. The van der Waals surface area contributed by atoms with Crippen molar-refractivity contribution in [2.45, 2.75) is 6.61 Å². The van der Waals surface area contributed by atoms with E-state index in [0.29, 0.717) is 0 Å². The average Bonchev–Trinajstić information content (AvgIpc) is 2.03. The third-order valence-corrected chi connectivity index (χ3v) is 1.38. The van der Waals surface area contributed by atoms with E-state index in [1.165, 1.54) is 0 Å². The second-order valence-electron chi connectivity index (χ2n) is 2.31. The van der Waals surface area contributed by atoms with Gasteiger partial charge in [0.2, 0.25) is 0 Å². The summed E-state index contributed by atoms with van der Waals surface area (Å²) in [5.74, 6) is 0. The van der Waals surface area contributed by atoms with E-state index in [9.17, 15) is 12.9 Å². The van der Waals surface area contributed by atoms with Crippen LogP contribution in [0.3, 0.4) is 0 Å². The van der Waals surface area contributed by atoms with Crippen molar-refractivity contribution in [2.75, 3.05) is 0 Å². The lowest BCUT2D eigenvalue weighted by Crippen LogP contribution is -2.34. The average molecular weight is 176 g/mol. The second kappa shape index (κ2) is 3.14. The quantitative estimate of drug-likeness (QED) is 0.670. The SMILES string of the molecule is OCc1cc([B-](F)(F)F)ccn1. The van der Waals surface area contributed by atoms with Gasteiger partial charge in [0.1, 0.15) is 0 Å². The van der Waals surface area contributed by atoms with Crippen LogP contribution in [0.15, 0.2) is 18.3 Å². The van der Waals surface area contributed by atoms with Crippen molar-refractivity contribution in [3.8, 4) is 0 Å². The number of rotatable bonds is 2. The van der Waals surface area contributed by atoms with Crippen molar-refractivity contribution >= 4 is 12.4 Å². The maximum atomic E-state index is 12.1. The zero-order valence-corrected chi connectivity index (χ0v) is 6.04. The number of pyridine rings is 1. The molecule has 0 unspecified atom stereocenters. The highest BCUT2D eigenvalue weighted by Crippen LogP contribution is 2.08. The Morgan fingerprint density at radius 3 is 2.58 bits per heavy atom. The number of halogens is 3. The molecule has 1 aromatic heterocycles. The van der Waals surface area contributed by atoms with Gasteiger partial charge in [-0.05, 0) is 0 Å². The maximum Gasteiger partial charge on any atom is 0.509 e. The van der Waals surface area contributed by atoms with Gasteiger partial charge in [0.25, 0.3) is 0 Å². The molecular weight excluding hydrogens is 170 g/mol. The summed E-state index contributed by atoms with van der Waals surface area (Å²) >= 11 is 0. The third-order valence-electron chi connectivity index (χ3n) is 1.38. The normalized spacial score (nSPS) is 11.7. The minimum Gasteiger partial charge on any atom is -0.445 e. The van der Waals surface area contributed by atoms with E-state index in [0.717, 1.165) is 18.3 Å². The Morgan fingerprint density at radius 2 is 2.08 bits per heavy atom. The van der Waals surface area contributed by atoms with Crippen LogP contribution in [0.1, 0.15) is 5.69 Å². The molecule has 0 aliphatic heterocycles. The Kier molecular flexibility index (Phi) is 2.37. The number of hydrogen-bond acceptors (Lipinski definition) is 2. The molecule has 0 saturated carbocycles. The van der Waals surface area contributed by atoms with Crippen LogP contribution in [0.5, 0.6) is 0 Å². The molecule has 0 amide bonds. The fraction of sp³-hybridized carbons (Fsp3) is 0.167. The lowest BCUT2D eigenvalue weighted by Gasteiger charge is -2.14. The first-order chi connectivity index (χ1) is 5.54. The summed E-state index contributed by atoms with van der Waals surface area (Å²) in [5.41, 5.74) is -0.694. The monoisotopic (exact) mass is 176 g/mol. The van der Waals surface area contributed by atoms with Crippen LogP contribution in [0.25, 0.3) is 0 Å². The second-order valence-corrected chi connectivity index (χ2v) is 2.31. The number of aromatic nitrogens is 1. The Bertz CT molecular complexity index is 276. The molecule has 66 valence electrons. The summed E-state index contributed by atoms with van der Waals surface area (Å²) in [5, 5.41) is 8.50. The predicted molar refractivity (Wildman–Crippen MR) is 38.9 cm³/mol. The van der Waals surface area contributed by atoms with Gasteiger partial charge >= 0.3 is 6.98 Å². The van der Waals surface area contributed by atoms with Gasteiger partial charge in [-0.25, -0.2) is 0 Å². The zero-order valence-electron chi connectivity index (χ0n) is 6.04. The first kappa shape index (κ1) is 9.06. The number of aliphatic hydroxyl groups is 1. The topological polar surface area (TPSA) is 33.1 Å². The van der Waals surface area contributed by atoms with Crippen LogP contribution in [0.4, 0.5) is 12.9 Å². The van der Waals surface area contributed by atoms with Crippen molar-refractivity contribution < 1.29 is 18.1 Å². The van der Waals surface area contributed by atoms with Gasteiger partial charge in [0.15, 0.2) is 0 Å². The number of nitrogens with zero attached hydrogens (tertiary/aromatic N) is 1. The lowest BCUT2D eigenvalue weighted by molar-refractivity contribution is 0.277. The van der Waals surface area contributed by atoms with Crippen molar-refractivity contribution in [1.29, 1.82) is 0 Å². The molecule has 1 N–H and O–H groups in total. The number of aliphatic hydroxyl groups excluding tert-OH is 1. The van der Waals surface area contributed by atoms with E-state index in [4.69, 9.17) is 5.11 Å². The first-order valence-corrected chi connectivity index (χ1v) is 3.29. The number of hydrogen-bond donors (Lipinski definition) is 1. The minimum absolute atomic E-state index is 0.0340. The smallest absolute Gasteiger partial charge is 0.445 e. The molecule has 1 heterocycles. The summed E-state index contributed by atoms with van der Waals surface area (Å²) in [6, 6.07) is 1.74. The molecule has 0 bridgehead atoms. The Labute approximate surface area is 67.1 Å². The van der Waals surface area contributed by atoms with Crippen LogP contribution in [0.2, 0.25) is 0 Å². The van der Waals surface area contributed by atoms with Gasteiger partial charge in [-0.1, -0.05) is 12.1 Å². The van der Waals surface area contributed by atoms with Gasteiger partial charge in [0.05, 0.1) is 12.3 Å². The van der Waals surface area contributed by atoms with Crippen LogP contribution in [-0.2, 0) is 6.61 Å². The maximum absolute atomic E-state index is 12.1. The van der Waals surface area contributed by atoms with E-state index < -0.39 is 19.0 Å². The van der Waals surface area contributed by atoms with Gasteiger partial charge in [-0.2, -0.15) is 0 Å². The van der Waals surface area contributed by atoms with Crippen molar-refractivity contribution in [2.24, 2.45) is 0 Å². The highest BCUT2D eigenvalue weighted by Gasteiger charge is 2.25.